The van der Waals surface area contributed by atoms with Crippen LogP contribution >= 0.6 is 15.9 Å². The third kappa shape index (κ3) is 3.24. The molecule has 0 spiro atoms. The van der Waals surface area contributed by atoms with E-state index in [1.165, 1.54) is 12.8 Å². The van der Waals surface area contributed by atoms with Gasteiger partial charge in [-0.2, -0.15) is 0 Å². The lowest BCUT2D eigenvalue weighted by atomic mass is 10.2. The Morgan fingerprint density at radius 1 is 1.64 bits per heavy atom. The van der Waals surface area contributed by atoms with Gasteiger partial charge >= 0.3 is 0 Å². The highest BCUT2D eigenvalue weighted by molar-refractivity contribution is 9.09. The maximum atomic E-state index is 11.6. The Labute approximate surface area is 93.9 Å². The van der Waals surface area contributed by atoms with Crippen LogP contribution in [0.1, 0.15) is 19.8 Å². The fraction of sp³-hybridized carbons (Fsp3) is 0.900. The van der Waals surface area contributed by atoms with Crippen LogP contribution < -0.4 is 0 Å². The molecule has 0 saturated heterocycles. The number of ether oxygens (including phenoxy) is 1. The van der Waals surface area contributed by atoms with Gasteiger partial charge in [0.2, 0.25) is 5.91 Å². The number of amides is 1. The minimum absolute atomic E-state index is 0.168. The van der Waals surface area contributed by atoms with Crippen molar-refractivity contribution in [1.29, 1.82) is 0 Å². The molecule has 3 nitrogen and oxygen atoms in total. The van der Waals surface area contributed by atoms with Crippen LogP contribution in [0.5, 0.6) is 0 Å². The molecule has 1 amide bonds. The summed E-state index contributed by atoms with van der Waals surface area (Å²) in [6.45, 7) is 3.46. The highest BCUT2D eigenvalue weighted by Crippen LogP contribution is 2.35. The van der Waals surface area contributed by atoms with Crippen LogP contribution in [0.3, 0.4) is 0 Å². The lowest BCUT2D eigenvalue weighted by molar-refractivity contribution is -0.131. The number of rotatable bonds is 6. The van der Waals surface area contributed by atoms with E-state index in [0.717, 1.165) is 5.92 Å². The second kappa shape index (κ2) is 5.71. The molecule has 0 aromatic rings. The van der Waals surface area contributed by atoms with E-state index in [4.69, 9.17) is 4.74 Å². The summed E-state index contributed by atoms with van der Waals surface area (Å²) < 4.78 is 5.01. The Balaban J connectivity index is 2.45. The maximum absolute atomic E-state index is 11.6. The lowest BCUT2D eigenvalue weighted by Gasteiger charge is -2.28. The van der Waals surface area contributed by atoms with Gasteiger partial charge in [0, 0.05) is 19.7 Å². The van der Waals surface area contributed by atoms with Crippen LogP contribution in [0.15, 0.2) is 0 Å². The fourth-order valence-electron chi connectivity index (χ4n) is 1.65. The molecule has 1 aliphatic carbocycles. The smallest absolute Gasteiger partial charge is 0.233 e. The van der Waals surface area contributed by atoms with Crippen molar-refractivity contribution in [2.75, 3.05) is 25.6 Å². The Bertz CT molecular complexity index is 195. The second-order valence-corrected chi connectivity index (χ2v) is 4.35. The number of alkyl halides is 1. The summed E-state index contributed by atoms with van der Waals surface area (Å²) in [7, 11) is 1.67. The van der Waals surface area contributed by atoms with Gasteiger partial charge in [-0.3, -0.25) is 4.79 Å². The number of hydrogen-bond acceptors (Lipinski definition) is 2. The standard InChI is InChI=1S/C10H18BrNO2/c1-8(9-3-4-9)12(5-6-14-2)10(13)7-11/h8-9H,3-7H2,1-2H3. The van der Waals surface area contributed by atoms with Gasteiger partial charge in [-0.15, -0.1) is 0 Å². The van der Waals surface area contributed by atoms with Crippen molar-refractivity contribution < 1.29 is 9.53 Å². The molecule has 1 rings (SSSR count). The first kappa shape index (κ1) is 12.0. The number of carbonyl (C=O) groups excluding carboxylic acids is 1. The molecule has 1 unspecified atom stereocenters. The van der Waals surface area contributed by atoms with E-state index in [-0.39, 0.29) is 5.91 Å². The summed E-state index contributed by atoms with van der Waals surface area (Å²) in [4.78, 5) is 13.5. The minimum atomic E-state index is 0.168. The molecule has 0 N–H and O–H groups in total. The quantitative estimate of drug-likeness (QED) is 0.683. The highest BCUT2D eigenvalue weighted by Gasteiger charge is 2.33. The van der Waals surface area contributed by atoms with E-state index in [2.05, 4.69) is 22.9 Å². The van der Waals surface area contributed by atoms with Crippen LogP contribution in [-0.4, -0.2) is 42.4 Å². The van der Waals surface area contributed by atoms with E-state index < -0.39 is 0 Å². The van der Waals surface area contributed by atoms with Gasteiger partial charge in [0.1, 0.15) is 0 Å². The summed E-state index contributed by atoms with van der Waals surface area (Å²) in [6, 6.07) is 0.371. The number of halogens is 1. The predicted octanol–water partition coefficient (Wildman–Crippen LogP) is 1.65. The minimum Gasteiger partial charge on any atom is -0.383 e. The zero-order valence-corrected chi connectivity index (χ0v) is 10.4. The van der Waals surface area contributed by atoms with Crippen LogP contribution in [0, 0.1) is 5.92 Å². The molecule has 1 saturated carbocycles. The van der Waals surface area contributed by atoms with Gasteiger partial charge in [0.25, 0.3) is 0 Å². The number of nitrogens with zero attached hydrogens (tertiary/aromatic N) is 1. The molecule has 0 bridgehead atoms. The van der Waals surface area contributed by atoms with Crippen molar-refractivity contribution in [3.8, 4) is 0 Å². The Morgan fingerprint density at radius 2 is 2.29 bits per heavy atom. The summed E-state index contributed by atoms with van der Waals surface area (Å²) in [5.41, 5.74) is 0. The zero-order valence-electron chi connectivity index (χ0n) is 8.83. The van der Waals surface area contributed by atoms with Crippen molar-refractivity contribution in [3.63, 3.8) is 0 Å². The highest BCUT2D eigenvalue weighted by atomic mass is 79.9. The van der Waals surface area contributed by atoms with E-state index in [9.17, 15) is 4.79 Å². The van der Waals surface area contributed by atoms with E-state index in [1.807, 2.05) is 4.90 Å². The summed E-state index contributed by atoms with van der Waals surface area (Å²) in [5.74, 6) is 0.885. The third-order valence-electron chi connectivity index (χ3n) is 2.77. The topological polar surface area (TPSA) is 29.5 Å². The monoisotopic (exact) mass is 263 g/mol. The normalized spacial score (nSPS) is 17.9. The van der Waals surface area contributed by atoms with Gasteiger partial charge < -0.3 is 9.64 Å². The average molecular weight is 264 g/mol. The Hall–Kier alpha value is -0.0900. The molecule has 0 aromatic heterocycles. The molecule has 0 heterocycles. The van der Waals surface area contributed by atoms with Crippen molar-refractivity contribution in [3.05, 3.63) is 0 Å². The van der Waals surface area contributed by atoms with E-state index >= 15 is 0 Å². The first-order valence-corrected chi connectivity index (χ1v) is 6.17. The summed E-state index contributed by atoms with van der Waals surface area (Å²) in [6.07, 6.45) is 2.53. The Kier molecular flexibility index (Phi) is 4.89. The molecular weight excluding hydrogens is 246 g/mol. The first-order valence-electron chi connectivity index (χ1n) is 5.05. The largest absolute Gasteiger partial charge is 0.383 e. The van der Waals surface area contributed by atoms with Crippen LogP contribution in [-0.2, 0) is 9.53 Å². The van der Waals surface area contributed by atoms with Crippen LogP contribution in [0.4, 0.5) is 0 Å². The van der Waals surface area contributed by atoms with Gasteiger partial charge in [-0.25, -0.2) is 0 Å². The van der Waals surface area contributed by atoms with Crippen molar-refractivity contribution in [2.24, 2.45) is 5.92 Å². The summed E-state index contributed by atoms with van der Waals surface area (Å²) in [5, 5.41) is 0.410. The molecule has 0 aromatic carbocycles. The van der Waals surface area contributed by atoms with Gasteiger partial charge in [-0.05, 0) is 25.7 Å². The molecule has 1 fully saturated rings. The van der Waals surface area contributed by atoms with E-state index in [0.29, 0.717) is 24.5 Å². The van der Waals surface area contributed by atoms with Crippen molar-refractivity contribution >= 4 is 21.8 Å². The van der Waals surface area contributed by atoms with Crippen LogP contribution in [0.25, 0.3) is 0 Å². The van der Waals surface area contributed by atoms with Crippen molar-refractivity contribution in [2.45, 2.75) is 25.8 Å². The lowest BCUT2D eigenvalue weighted by Crippen LogP contribution is -2.42. The van der Waals surface area contributed by atoms with Crippen molar-refractivity contribution in [1.82, 2.24) is 4.90 Å². The molecule has 0 aliphatic heterocycles. The third-order valence-corrected chi connectivity index (χ3v) is 3.25. The number of methoxy groups -OCH3 is 1. The van der Waals surface area contributed by atoms with Crippen LogP contribution in [0.2, 0.25) is 0 Å². The second-order valence-electron chi connectivity index (χ2n) is 3.79. The molecular formula is C10H18BrNO2. The molecule has 1 atom stereocenters. The molecule has 1 aliphatic rings. The Morgan fingerprint density at radius 3 is 2.71 bits per heavy atom. The predicted molar refractivity (Wildman–Crippen MR) is 59.6 cm³/mol. The number of hydrogen-bond donors (Lipinski definition) is 0. The molecule has 4 heteroatoms. The first-order chi connectivity index (χ1) is 6.70. The summed E-state index contributed by atoms with van der Waals surface area (Å²) >= 11 is 3.21. The van der Waals surface area contributed by atoms with E-state index in [1.54, 1.807) is 7.11 Å². The average Bonchev–Trinajstić information content (AvgIpc) is 3.00. The molecule has 82 valence electrons. The SMILES string of the molecule is COCCN(C(=O)CBr)C(C)C1CC1. The molecule has 14 heavy (non-hydrogen) atoms. The number of carbonyl (C=O) groups is 1. The van der Waals surface area contributed by atoms with Gasteiger partial charge in [-0.1, -0.05) is 15.9 Å². The maximum Gasteiger partial charge on any atom is 0.233 e. The zero-order chi connectivity index (χ0) is 10.6. The van der Waals surface area contributed by atoms with Gasteiger partial charge in [0.15, 0.2) is 0 Å². The van der Waals surface area contributed by atoms with Gasteiger partial charge in [0.05, 0.1) is 11.9 Å². The molecule has 0 radical (unpaired) electrons. The fourth-order valence-corrected chi connectivity index (χ4v) is 1.98.